The number of nitrogens with zero attached hydrogens (tertiary/aromatic N) is 2. The molecule has 2 rings (SSSR count). The zero-order chi connectivity index (χ0) is 15.2. The minimum absolute atomic E-state index is 0.707. The van der Waals surface area contributed by atoms with E-state index in [1.165, 1.54) is 0 Å². The lowest BCUT2D eigenvalue weighted by Crippen LogP contribution is -2.09. The number of hydrogen-bond donors (Lipinski definition) is 1. The molecule has 0 bridgehead atoms. The van der Waals surface area contributed by atoms with Crippen molar-refractivity contribution in [3.63, 3.8) is 0 Å². The molecule has 1 aromatic heterocycles. The van der Waals surface area contributed by atoms with Crippen LogP contribution in [0.15, 0.2) is 24.3 Å². The fourth-order valence-corrected chi connectivity index (χ4v) is 2.15. The molecule has 0 saturated heterocycles. The molecular weight excluding hydrogens is 262 g/mol. The Hall–Kier alpha value is -2.10. The largest absolute Gasteiger partial charge is 0.497 e. The summed E-state index contributed by atoms with van der Waals surface area (Å²) in [6, 6.07) is 8.03. The van der Waals surface area contributed by atoms with Crippen LogP contribution in [0.5, 0.6) is 5.75 Å². The van der Waals surface area contributed by atoms with Crippen molar-refractivity contribution in [1.82, 2.24) is 9.97 Å². The molecule has 1 heterocycles. The second-order valence-corrected chi connectivity index (χ2v) is 5.15. The van der Waals surface area contributed by atoms with Crippen molar-refractivity contribution in [3.05, 3.63) is 46.9 Å². The van der Waals surface area contributed by atoms with Gasteiger partial charge in [-0.1, -0.05) is 19.1 Å². The van der Waals surface area contributed by atoms with Crippen molar-refractivity contribution in [1.29, 1.82) is 0 Å². The summed E-state index contributed by atoms with van der Waals surface area (Å²) in [5.41, 5.74) is 3.30. The van der Waals surface area contributed by atoms with Gasteiger partial charge in [0.25, 0.3) is 0 Å². The Bertz CT molecular complexity index is 611. The van der Waals surface area contributed by atoms with Crippen LogP contribution in [0.4, 0.5) is 5.82 Å². The average Bonchev–Trinajstić information content (AvgIpc) is 2.49. The van der Waals surface area contributed by atoms with Crippen molar-refractivity contribution >= 4 is 5.82 Å². The SMILES string of the molecule is CCCNc1nc(Cc2cccc(OC)c2)nc(C)c1C. The van der Waals surface area contributed by atoms with E-state index >= 15 is 0 Å². The molecule has 2 aromatic rings. The van der Waals surface area contributed by atoms with Gasteiger partial charge in [0, 0.05) is 24.2 Å². The number of aryl methyl sites for hydroxylation is 1. The van der Waals surface area contributed by atoms with Gasteiger partial charge in [0.05, 0.1) is 7.11 Å². The summed E-state index contributed by atoms with van der Waals surface area (Å²) in [6.07, 6.45) is 1.78. The van der Waals surface area contributed by atoms with Crippen molar-refractivity contribution in [2.45, 2.75) is 33.6 Å². The summed E-state index contributed by atoms with van der Waals surface area (Å²) in [6.45, 7) is 7.16. The van der Waals surface area contributed by atoms with E-state index in [-0.39, 0.29) is 0 Å². The van der Waals surface area contributed by atoms with E-state index in [0.717, 1.165) is 47.2 Å². The Kier molecular flexibility index (Phi) is 5.14. The van der Waals surface area contributed by atoms with E-state index in [1.54, 1.807) is 7.11 Å². The van der Waals surface area contributed by atoms with Gasteiger partial charge in [-0.25, -0.2) is 9.97 Å². The van der Waals surface area contributed by atoms with Crippen molar-refractivity contribution in [2.24, 2.45) is 0 Å². The lowest BCUT2D eigenvalue weighted by molar-refractivity contribution is 0.414. The molecule has 0 aliphatic carbocycles. The van der Waals surface area contributed by atoms with Gasteiger partial charge < -0.3 is 10.1 Å². The number of hydrogen-bond acceptors (Lipinski definition) is 4. The van der Waals surface area contributed by atoms with E-state index in [1.807, 2.05) is 25.1 Å². The summed E-state index contributed by atoms with van der Waals surface area (Å²) in [4.78, 5) is 9.26. The van der Waals surface area contributed by atoms with Crippen LogP contribution in [-0.4, -0.2) is 23.6 Å². The molecule has 0 fully saturated rings. The zero-order valence-corrected chi connectivity index (χ0v) is 13.2. The number of ether oxygens (including phenoxy) is 1. The maximum atomic E-state index is 5.26. The fourth-order valence-electron chi connectivity index (χ4n) is 2.15. The Labute approximate surface area is 126 Å². The quantitative estimate of drug-likeness (QED) is 0.882. The molecule has 0 aliphatic heterocycles. The second kappa shape index (κ2) is 7.07. The lowest BCUT2D eigenvalue weighted by atomic mass is 10.1. The third kappa shape index (κ3) is 3.94. The molecule has 21 heavy (non-hydrogen) atoms. The number of aromatic nitrogens is 2. The number of anilines is 1. The third-order valence-corrected chi connectivity index (χ3v) is 3.47. The van der Waals surface area contributed by atoms with Gasteiger partial charge in [0.15, 0.2) is 0 Å². The van der Waals surface area contributed by atoms with E-state index in [9.17, 15) is 0 Å². The second-order valence-electron chi connectivity index (χ2n) is 5.15. The number of nitrogens with one attached hydrogen (secondary N) is 1. The highest BCUT2D eigenvalue weighted by molar-refractivity contribution is 5.46. The summed E-state index contributed by atoms with van der Waals surface area (Å²) in [5, 5.41) is 3.38. The molecule has 112 valence electrons. The lowest BCUT2D eigenvalue weighted by Gasteiger charge is -2.12. The molecule has 0 spiro atoms. The predicted octanol–water partition coefficient (Wildman–Crippen LogP) is 3.51. The topological polar surface area (TPSA) is 47.0 Å². The third-order valence-electron chi connectivity index (χ3n) is 3.47. The van der Waals surface area contributed by atoms with Crippen molar-refractivity contribution in [2.75, 3.05) is 19.0 Å². The van der Waals surface area contributed by atoms with Crippen molar-refractivity contribution in [3.8, 4) is 5.75 Å². The molecule has 0 aliphatic rings. The highest BCUT2D eigenvalue weighted by Crippen LogP contribution is 2.18. The Morgan fingerprint density at radius 2 is 2.00 bits per heavy atom. The van der Waals surface area contributed by atoms with Crippen molar-refractivity contribution < 1.29 is 4.74 Å². The average molecular weight is 285 g/mol. The first-order valence-corrected chi connectivity index (χ1v) is 7.35. The first-order chi connectivity index (χ1) is 10.1. The molecule has 1 aromatic carbocycles. The molecule has 0 unspecified atom stereocenters. The molecular formula is C17H23N3O. The van der Waals surface area contributed by atoms with Gasteiger partial charge in [0.1, 0.15) is 17.4 Å². The highest BCUT2D eigenvalue weighted by Gasteiger charge is 2.08. The van der Waals surface area contributed by atoms with Crippen LogP contribution < -0.4 is 10.1 Å². The Morgan fingerprint density at radius 1 is 1.19 bits per heavy atom. The number of methoxy groups -OCH3 is 1. The predicted molar refractivity (Wildman–Crippen MR) is 86.1 cm³/mol. The number of rotatable bonds is 6. The summed E-state index contributed by atoms with van der Waals surface area (Å²) in [7, 11) is 1.68. The summed E-state index contributed by atoms with van der Waals surface area (Å²) >= 11 is 0. The van der Waals surface area contributed by atoms with Gasteiger partial charge >= 0.3 is 0 Å². The van der Waals surface area contributed by atoms with E-state index in [4.69, 9.17) is 4.74 Å². The molecule has 0 radical (unpaired) electrons. The normalized spacial score (nSPS) is 10.5. The van der Waals surface area contributed by atoms with Crippen LogP contribution in [0.3, 0.4) is 0 Å². The minimum atomic E-state index is 0.707. The van der Waals surface area contributed by atoms with Gasteiger partial charge in [0.2, 0.25) is 0 Å². The van der Waals surface area contributed by atoms with Crippen LogP contribution in [0.2, 0.25) is 0 Å². The van der Waals surface area contributed by atoms with E-state index in [0.29, 0.717) is 6.42 Å². The van der Waals surface area contributed by atoms with Crippen LogP contribution in [0, 0.1) is 13.8 Å². The van der Waals surface area contributed by atoms with Gasteiger partial charge in [-0.15, -0.1) is 0 Å². The zero-order valence-electron chi connectivity index (χ0n) is 13.2. The smallest absolute Gasteiger partial charge is 0.135 e. The number of benzene rings is 1. The summed E-state index contributed by atoms with van der Waals surface area (Å²) in [5.74, 6) is 2.65. The van der Waals surface area contributed by atoms with E-state index in [2.05, 4.69) is 35.2 Å². The van der Waals surface area contributed by atoms with Crippen LogP contribution in [0.1, 0.15) is 36.0 Å². The minimum Gasteiger partial charge on any atom is -0.497 e. The molecule has 0 saturated carbocycles. The van der Waals surface area contributed by atoms with Crippen LogP contribution >= 0.6 is 0 Å². The maximum Gasteiger partial charge on any atom is 0.135 e. The molecule has 4 heteroatoms. The van der Waals surface area contributed by atoms with E-state index < -0.39 is 0 Å². The first kappa shape index (κ1) is 15.3. The Balaban J connectivity index is 2.24. The molecule has 4 nitrogen and oxygen atoms in total. The molecule has 0 amide bonds. The first-order valence-electron chi connectivity index (χ1n) is 7.35. The maximum absolute atomic E-state index is 5.26. The molecule has 0 atom stereocenters. The highest BCUT2D eigenvalue weighted by atomic mass is 16.5. The summed E-state index contributed by atoms with van der Waals surface area (Å²) < 4.78 is 5.26. The van der Waals surface area contributed by atoms with Crippen LogP contribution in [-0.2, 0) is 6.42 Å². The monoisotopic (exact) mass is 285 g/mol. The fraction of sp³-hybridized carbons (Fsp3) is 0.412. The van der Waals surface area contributed by atoms with Gasteiger partial charge in [-0.05, 0) is 38.0 Å². The molecule has 1 N–H and O–H groups in total. The van der Waals surface area contributed by atoms with Gasteiger partial charge in [-0.3, -0.25) is 0 Å². The Morgan fingerprint density at radius 3 is 2.71 bits per heavy atom. The standard InChI is InChI=1S/C17H23N3O/c1-5-9-18-17-12(2)13(3)19-16(20-17)11-14-7-6-8-15(10-14)21-4/h6-8,10H,5,9,11H2,1-4H3,(H,18,19,20). The van der Waals surface area contributed by atoms with Gasteiger partial charge in [-0.2, -0.15) is 0 Å². The van der Waals surface area contributed by atoms with Crippen LogP contribution in [0.25, 0.3) is 0 Å².